The van der Waals surface area contributed by atoms with E-state index >= 15 is 0 Å². The van der Waals surface area contributed by atoms with Crippen LogP contribution in [0.15, 0.2) is 30.6 Å². The van der Waals surface area contributed by atoms with Gasteiger partial charge in [0.2, 0.25) is 5.88 Å². The van der Waals surface area contributed by atoms with Crippen molar-refractivity contribution in [3.63, 3.8) is 0 Å². The SMILES string of the molecule is BC(B)(B)Oc1ncccc1Nc1cc(NC)n2ncc(C(=O)N[C@@H]3CC[C@@H](O)C3)c2n1. The van der Waals surface area contributed by atoms with Gasteiger partial charge < -0.3 is 25.8 Å². The van der Waals surface area contributed by atoms with E-state index in [4.69, 9.17) is 4.74 Å². The molecule has 3 heterocycles. The number of nitrogens with zero attached hydrogens (tertiary/aromatic N) is 4. The van der Waals surface area contributed by atoms with Crippen LogP contribution < -0.4 is 20.7 Å². The summed E-state index contributed by atoms with van der Waals surface area (Å²) in [5.74, 6) is 1.37. The molecule has 0 saturated heterocycles. The summed E-state index contributed by atoms with van der Waals surface area (Å²) < 4.78 is 7.54. The molecule has 0 radical (unpaired) electrons. The minimum atomic E-state index is -0.414. The zero-order valence-electron chi connectivity index (χ0n) is 18.7. The summed E-state index contributed by atoms with van der Waals surface area (Å²) in [6.45, 7) is 0. The minimum Gasteiger partial charge on any atom is -0.497 e. The number of carbonyl (C=O) groups excluding carboxylic acids is 1. The number of aliphatic hydroxyl groups excluding tert-OH is 1. The zero-order valence-corrected chi connectivity index (χ0v) is 18.7. The van der Waals surface area contributed by atoms with Gasteiger partial charge in [0.25, 0.3) is 5.91 Å². The third-order valence-corrected chi connectivity index (χ3v) is 5.15. The Kier molecular flexibility index (Phi) is 6.01. The molecule has 164 valence electrons. The molecule has 3 aromatic rings. The molecule has 1 saturated carbocycles. The number of fused-ring (bicyclic) bond motifs is 1. The second-order valence-corrected chi connectivity index (χ2v) is 8.90. The fourth-order valence-electron chi connectivity index (χ4n) is 3.71. The first-order valence-corrected chi connectivity index (χ1v) is 10.7. The lowest BCUT2D eigenvalue weighted by atomic mass is 9.52. The maximum absolute atomic E-state index is 12.9. The number of hydrogen-bond acceptors (Lipinski definition) is 8. The maximum atomic E-state index is 12.9. The molecule has 0 spiro atoms. The quantitative estimate of drug-likeness (QED) is 0.330. The zero-order chi connectivity index (χ0) is 22.9. The smallest absolute Gasteiger partial charge is 0.256 e. The first-order valence-electron chi connectivity index (χ1n) is 10.7. The molecule has 32 heavy (non-hydrogen) atoms. The van der Waals surface area contributed by atoms with Crippen LogP contribution in [0.1, 0.15) is 29.6 Å². The predicted molar refractivity (Wildman–Crippen MR) is 130 cm³/mol. The molecule has 2 atom stereocenters. The summed E-state index contributed by atoms with van der Waals surface area (Å²) in [5, 5.41) is 23.0. The Morgan fingerprint density at radius 1 is 1.34 bits per heavy atom. The van der Waals surface area contributed by atoms with Crippen molar-refractivity contribution in [2.75, 3.05) is 17.7 Å². The van der Waals surface area contributed by atoms with Gasteiger partial charge in [0, 0.05) is 30.7 Å². The van der Waals surface area contributed by atoms with Crippen molar-refractivity contribution in [3.8, 4) is 5.88 Å². The van der Waals surface area contributed by atoms with Crippen LogP contribution in [-0.2, 0) is 0 Å². The van der Waals surface area contributed by atoms with Crippen LogP contribution in [0.4, 0.5) is 17.3 Å². The van der Waals surface area contributed by atoms with E-state index in [2.05, 4.69) is 31.0 Å². The highest BCUT2D eigenvalue weighted by Crippen LogP contribution is 2.28. The highest BCUT2D eigenvalue weighted by Gasteiger charge is 2.26. The number of pyridine rings is 1. The minimum absolute atomic E-state index is 0.0509. The largest absolute Gasteiger partial charge is 0.497 e. The van der Waals surface area contributed by atoms with Gasteiger partial charge in [-0.25, -0.2) is 9.97 Å². The van der Waals surface area contributed by atoms with Crippen molar-refractivity contribution in [1.82, 2.24) is 24.9 Å². The van der Waals surface area contributed by atoms with E-state index in [1.54, 1.807) is 23.8 Å². The first kappa shape index (κ1) is 22.0. The summed E-state index contributed by atoms with van der Waals surface area (Å²) in [6, 6.07) is 5.41. The van der Waals surface area contributed by atoms with Gasteiger partial charge in [0.15, 0.2) is 5.65 Å². The second kappa shape index (κ2) is 8.74. The van der Waals surface area contributed by atoms with Crippen LogP contribution in [-0.4, -0.2) is 78.6 Å². The van der Waals surface area contributed by atoms with E-state index in [-0.39, 0.29) is 18.1 Å². The Balaban J connectivity index is 1.65. The van der Waals surface area contributed by atoms with Crippen LogP contribution >= 0.6 is 0 Å². The highest BCUT2D eigenvalue weighted by atomic mass is 16.5. The van der Waals surface area contributed by atoms with Crippen molar-refractivity contribution in [3.05, 3.63) is 36.2 Å². The number of ether oxygens (including phenoxy) is 1. The molecule has 0 aromatic carbocycles. The average molecular weight is 433 g/mol. The Morgan fingerprint density at radius 2 is 2.16 bits per heavy atom. The van der Waals surface area contributed by atoms with E-state index in [1.807, 2.05) is 35.7 Å². The van der Waals surface area contributed by atoms with Gasteiger partial charge in [-0.05, 0) is 31.4 Å². The highest BCUT2D eigenvalue weighted by molar-refractivity contribution is 6.58. The van der Waals surface area contributed by atoms with Crippen molar-refractivity contribution in [2.24, 2.45) is 0 Å². The summed E-state index contributed by atoms with van der Waals surface area (Å²) in [6.07, 6.45) is 4.82. The van der Waals surface area contributed by atoms with Gasteiger partial charge in [-0.2, -0.15) is 9.61 Å². The maximum Gasteiger partial charge on any atom is 0.256 e. The average Bonchev–Trinajstić information content (AvgIpc) is 3.33. The lowest BCUT2D eigenvalue weighted by Gasteiger charge is -2.23. The molecule has 3 aromatic heterocycles. The summed E-state index contributed by atoms with van der Waals surface area (Å²) in [5.41, 5.74) is 1.44. The summed E-state index contributed by atoms with van der Waals surface area (Å²) in [4.78, 5) is 21.9. The third kappa shape index (κ3) is 4.82. The standard InChI is InChI=1S/C19H26B3N7O3/c1-23-15-8-14(27-13-3-2-6-24-18(13)32-19(20,21)22)28-16-12(9-25-29(15)16)17(31)26-10-4-5-11(30)7-10/h2-3,6,8-11,23,30H,4-5,7,20-22H2,1H3,(H,26,31)(H,27,28)/t10-,11-/m1/s1. The molecular weight excluding hydrogens is 407 g/mol. The van der Waals surface area contributed by atoms with E-state index in [0.29, 0.717) is 47.3 Å². The Hall–Kier alpha value is -3.21. The molecule has 4 N–H and O–H groups in total. The van der Waals surface area contributed by atoms with E-state index in [9.17, 15) is 9.90 Å². The lowest BCUT2D eigenvalue weighted by molar-refractivity contribution is 0.0935. The summed E-state index contributed by atoms with van der Waals surface area (Å²) >= 11 is 0. The topological polar surface area (TPSA) is 126 Å². The lowest BCUT2D eigenvalue weighted by Crippen LogP contribution is -2.38. The third-order valence-electron chi connectivity index (χ3n) is 5.15. The van der Waals surface area contributed by atoms with Crippen LogP contribution in [0, 0.1) is 0 Å². The molecule has 13 heteroatoms. The molecule has 10 nitrogen and oxygen atoms in total. The Morgan fingerprint density at radius 3 is 2.84 bits per heavy atom. The number of amides is 1. The van der Waals surface area contributed by atoms with Crippen LogP contribution in [0.25, 0.3) is 5.65 Å². The predicted octanol–water partition coefficient (Wildman–Crippen LogP) is -1.56. The fraction of sp³-hybridized carbons (Fsp3) is 0.368. The number of hydrogen-bond donors (Lipinski definition) is 4. The molecular formula is C19H26B3N7O3. The van der Waals surface area contributed by atoms with Crippen molar-refractivity contribution in [2.45, 2.75) is 36.7 Å². The molecule has 4 rings (SSSR count). The molecule has 0 unspecified atom stereocenters. The van der Waals surface area contributed by atoms with E-state index < -0.39 is 5.30 Å². The number of aromatic nitrogens is 4. The molecule has 1 amide bonds. The number of carbonyl (C=O) groups is 1. The van der Waals surface area contributed by atoms with Gasteiger partial charge in [0.1, 0.15) is 46.4 Å². The fourth-order valence-corrected chi connectivity index (χ4v) is 3.71. The van der Waals surface area contributed by atoms with Crippen molar-refractivity contribution < 1.29 is 14.6 Å². The van der Waals surface area contributed by atoms with Crippen LogP contribution in [0.2, 0.25) is 0 Å². The molecule has 1 aliphatic carbocycles. The number of nitrogens with one attached hydrogen (secondary N) is 3. The summed E-state index contributed by atoms with van der Waals surface area (Å²) in [7, 11) is 7.64. The van der Waals surface area contributed by atoms with Gasteiger partial charge in [0.05, 0.1) is 12.3 Å². The normalized spacial score (nSPS) is 18.4. The molecule has 1 fully saturated rings. The van der Waals surface area contributed by atoms with Gasteiger partial charge in [-0.1, -0.05) is 0 Å². The monoisotopic (exact) mass is 433 g/mol. The van der Waals surface area contributed by atoms with Gasteiger partial charge >= 0.3 is 0 Å². The number of aliphatic hydroxyl groups is 1. The number of rotatable bonds is 7. The van der Waals surface area contributed by atoms with E-state index in [0.717, 1.165) is 6.42 Å². The van der Waals surface area contributed by atoms with Crippen LogP contribution in [0.3, 0.4) is 0 Å². The molecule has 0 bridgehead atoms. The second-order valence-electron chi connectivity index (χ2n) is 8.90. The van der Waals surface area contributed by atoms with Gasteiger partial charge in [-0.15, -0.1) is 0 Å². The molecule has 1 aliphatic rings. The molecule has 0 aliphatic heterocycles. The Labute approximate surface area is 188 Å². The first-order chi connectivity index (χ1) is 15.2. The number of anilines is 3. The Bertz CT molecular complexity index is 1140. The van der Waals surface area contributed by atoms with Crippen molar-refractivity contribution >= 4 is 52.4 Å². The van der Waals surface area contributed by atoms with Crippen molar-refractivity contribution in [1.29, 1.82) is 0 Å². The van der Waals surface area contributed by atoms with E-state index in [1.165, 1.54) is 6.20 Å². The van der Waals surface area contributed by atoms with Crippen LogP contribution in [0.5, 0.6) is 5.88 Å². The van der Waals surface area contributed by atoms with Gasteiger partial charge in [-0.3, -0.25) is 4.79 Å².